The van der Waals surface area contributed by atoms with Crippen LogP contribution in [0.1, 0.15) is 6.92 Å². The fourth-order valence-corrected chi connectivity index (χ4v) is 8.99. The van der Waals surface area contributed by atoms with Gasteiger partial charge in [0.1, 0.15) is 23.1 Å². The molecule has 12 rings (SSSR count). The van der Waals surface area contributed by atoms with Gasteiger partial charge < -0.3 is 0 Å². The fourth-order valence-electron chi connectivity index (χ4n) is 8.99. The third-order valence-corrected chi connectivity index (χ3v) is 11.2. The average molecular weight is 723 g/mol. The van der Waals surface area contributed by atoms with Crippen molar-refractivity contribution in [1.82, 2.24) is 34.1 Å². The van der Waals surface area contributed by atoms with E-state index in [1.54, 1.807) is 6.20 Å². The van der Waals surface area contributed by atoms with E-state index in [4.69, 9.17) is 29.9 Å². The van der Waals surface area contributed by atoms with Crippen LogP contribution in [-0.2, 0) is 0 Å². The molecule has 264 valence electrons. The van der Waals surface area contributed by atoms with E-state index in [9.17, 15) is 0 Å². The van der Waals surface area contributed by atoms with Gasteiger partial charge in [0.25, 0.3) is 6.71 Å². The van der Waals surface area contributed by atoms with Gasteiger partial charge in [-0.1, -0.05) is 61.5 Å². The highest BCUT2D eigenvalue weighted by atomic mass is 15.3. The second-order valence-electron chi connectivity index (χ2n) is 14.5. The number of rotatable bonds is 4. The zero-order valence-electron chi connectivity index (χ0n) is 30.3. The Morgan fingerprint density at radius 3 is 2.36 bits per heavy atom. The van der Waals surface area contributed by atoms with Crippen LogP contribution < -0.4 is 26.3 Å². The van der Waals surface area contributed by atoms with Crippen LogP contribution in [-0.4, -0.2) is 53.1 Å². The van der Waals surface area contributed by atoms with E-state index in [0.29, 0.717) is 12.5 Å². The van der Waals surface area contributed by atoms with Crippen molar-refractivity contribution in [3.63, 3.8) is 0 Å². The van der Waals surface area contributed by atoms with Crippen molar-refractivity contribution in [1.29, 1.82) is 0 Å². The molecule has 9 heterocycles. The lowest BCUT2D eigenvalue weighted by Crippen LogP contribution is -2.61. The summed E-state index contributed by atoms with van der Waals surface area (Å²) < 4.78 is 4.70. The second-order valence-corrected chi connectivity index (χ2v) is 14.5. The molecule has 0 saturated heterocycles. The van der Waals surface area contributed by atoms with Crippen molar-refractivity contribution in [2.24, 2.45) is 10.9 Å². The Morgan fingerprint density at radius 2 is 1.54 bits per heavy atom. The number of dihydropyridines is 1. The summed E-state index contributed by atoms with van der Waals surface area (Å²) in [5, 5.41) is 2.20. The van der Waals surface area contributed by atoms with E-state index in [1.165, 1.54) is 5.46 Å². The summed E-state index contributed by atoms with van der Waals surface area (Å²) in [6, 6.07) is 37.9. The Morgan fingerprint density at radius 1 is 0.714 bits per heavy atom. The van der Waals surface area contributed by atoms with Crippen LogP contribution in [0.2, 0.25) is 0 Å². The van der Waals surface area contributed by atoms with Crippen molar-refractivity contribution in [2.75, 3.05) is 16.3 Å². The summed E-state index contributed by atoms with van der Waals surface area (Å²) in [6.07, 6.45) is 13.5. The van der Waals surface area contributed by atoms with Crippen LogP contribution >= 0.6 is 0 Å². The number of hydrogen-bond donors (Lipinski definition) is 0. The van der Waals surface area contributed by atoms with Crippen molar-refractivity contribution in [3.8, 4) is 11.5 Å². The van der Waals surface area contributed by atoms with Gasteiger partial charge in [-0.3, -0.25) is 33.9 Å². The lowest BCUT2D eigenvalue weighted by atomic mass is 9.35. The molecule has 0 N–H and O–H groups in total. The zero-order valence-corrected chi connectivity index (χ0v) is 30.3. The Labute approximate surface area is 321 Å². The summed E-state index contributed by atoms with van der Waals surface area (Å²) in [6.45, 7) is 2.69. The van der Waals surface area contributed by atoms with Gasteiger partial charge in [0.2, 0.25) is 0 Å². The number of aromatic nitrogens is 7. The van der Waals surface area contributed by atoms with Crippen molar-refractivity contribution < 1.29 is 0 Å². The molecule has 3 aliphatic rings. The Balaban J connectivity index is 1.28. The molecule has 10 nitrogen and oxygen atoms in total. The van der Waals surface area contributed by atoms with E-state index in [1.807, 2.05) is 67.3 Å². The Hall–Kier alpha value is -7.40. The van der Waals surface area contributed by atoms with Crippen molar-refractivity contribution in [2.45, 2.75) is 6.92 Å². The van der Waals surface area contributed by atoms with Gasteiger partial charge in [0, 0.05) is 60.0 Å². The molecule has 3 aromatic carbocycles. The van der Waals surface area contributed by atoms with Gasteiger partial charge >= 0.3 is 0 Å². The molecule has 6 aromatic heterocycles. The van der Waals surface area contributed by atoms with Gasteiger partial charge in [0.05, 0.1) is 33.2 Å². The number of fused-ring (bicyclic) bond motifs is 9. The lowest BCUT2D eigenvalue weighted by Gasteiger charge is -2.39. The fraction of sp³-hybridized carbons (Fsp3) is 0.0667. The maximum absolute atomic E-state index is 5.13. The van der Waals surface area contributed by atoms with Gasteiger partial charge in [-0.15, -0.1) is 0 Å². The normalized spacial score (nSPS) is 15.3. The van der Waals surface area contributed by atoms with Gasteiger partial charge in [-0.05, 0) is 83.6 Å². The lowest BCUT2D eigenvalue weighted by molar-refractivity contribution is 0.732. The predicted octanol–water partition coefficient (Wildman–Crippen LogP) is 7.06. The van der Waals surface area contributed by atoms with Crippen LogP contribution in [0, 0.1) is 5.92 Å². The molecule has 1 atom stereocenters. The Kier molecular flexibility index (Phi) is 6.53. The Bertz CT molecular complexity index is 3100. The smallest absolute Gasteiger partial charge is 0.277 e. The van der Waals surface area contributed by atoms with Crippen LogP contribution in [0.15, 0.2) is 157 Å². The number of aliphatic imine (C=N–C) groups is 1. The SMILES string of the molecule is CC1C=CC(N(c2cc3c4c(c2)-n2c5c(cccc5c5c6ncccc6n(-c6ccccn6)c52)B4c2nccnc2N3c2ccccc2)c2ccccn2)=NC1. The summed E-state index contributed by atoms with van der Waals surface area (Å²) in [5.41, 5.74) is 11.2. The average Bonchev–Trinajstić information content (AvgIpc) is 3.77. The van der Waals surface area contributed by atoms with Crippen molar-refractivity contribution >= 4 is 90.7 Å². The molecule has 0 bridgehead atoms. The van der Waals surface area contributed by atoms with E-state index in [0.717, 1.165) is 90.1 Å². The van der Waals surface area contributed by atoms with E-state index in [-0.39, 0.29) is 6.71 Å². The maximum atomic E-state index is 5.13. The number of amidine groups is 1. The van der Waals surface area contributed by atoms with Crippen molar-refractivity contribution in [3.05, 3.63) is 152 Å². The van der Waals surface area contributed by atoms with Gasteiger partial charge in [-0.25, -0.2) is 15.0 Å². The minimum absolute atomic E-state index is 0.188. The highest BCUT2D eigenvalue weighted by molar-refractivity contribution is 6.99. The summed E-state index contributed by atoms with van der Waals surface area (Å²) in [7, 11) is 0. The first-order valence-corrected chi connectivity index (χ1v) is 18.9. The second kappa shape index (κ2) is 11.8. The standard InChI is InChI=1S/C45H31BN10/c1-28-18-19-38(52-27-28)54(36-16-5-7-20-47-36)30-25-34-40-35(26-30)56-42-31(39-41-33(15-10-22-49-41)55(45(39)56)37-17-6-8-21-48-37)13-9-14-32(42)46(40)43-44(51-24-23-50-43)53(34)29-11-3-2-4-12-29/h2-26,28H,27H2,1H3. The molecule has 0 spiro atoms. The quantitative estimate of drug-likeness (QED) is 0.180. The van der Waals surface area contributed by atoms with Crippen LogP contribution in [0.3, 0.4) is 0 Å². The third kappa shape index (κ3) is 4.27. The molecule has 0 fully saturated rings. The predicted molar refractivity (Wildman–Crippen MR) is 225 cm³/mol. The molecule has 3 aliphatic heterocycles. The molecule has 9 aromatic rings. The number of pyridine rings is 3. The van der Waals surface area contributed by atoms with Crippen LogP contribution in [0.5, 0.6) is 0 Å². The first-order valence-electron chi connectivity index (χ1n) is 18.9. The highest BCUT2D eigenvalue weighted by Gasteiger charge is 2.45. The number of para-hydroxylation sites is 2. The summed E-state index contributed by atoms with van der Waals surface area (Å²) >= 11 is 0. The molecule has 11 heteroatoms. The molecule has 0 saturated carbocycles. The summed E-state index contributed by atoms with van der Waals surface area (Å²) in [4.78, 5) is 34.6. The molecule has 0 amide bonds. The molecule has 1 unspecified atom stereocenters. The number of nitrogens with zero attached hydrogens (tertiary/aromatic N) is 10. The molecular weight excluding hydrogens is 691 g/mol. The number of anilines is 5. The third-order valence-electron chi connectivity index (χ3n) is 11.2. The van der Waals surface area contributed by atoms with Crippen LogP contribution in [0.25, 0.3) is 44.5 Å². The first kappa shape index (κ1) is 31.0. The van der Waals surface area contributed by atoms with Crippen LogP contribution in [0.4, 0.5) is 28.7 Å². The van der Waals surface area contributed by atoms with E-state index < -0.39 is 0 Å². The maximum Gasteiger partial charge on any atom is 0.277 e. The first-order chi connectivity index (χ1) is 27.7. The van der Waals surface area contributed by atoms with Gasteiger partial charge in [0.15, 0.2) is 5.82 Å². The van der Waals surface area contributed by atoms with Gasteiger partial charge in [-0.2, -0.15) is 0 Å². The number of benzene rings is 3. The molecular formula is C45H31BN10. The minimum atomic E-state index is -0.188. The molecule has 56 heavy (non-hydrogen) atoms. The van der Waals surface area contributed by atoms with E-state index >= 15 is 0 Å². The minimum Gasteiger partial charge on any atom is -0.296 e. The summed E-state index contributed by atoms with van der Waals surface area (Å²) in [5.74, 6) is 3.58. The molecule has 0 aliphatic carbocycles. The zero-order chi connectivity index (χ0) is 36.9. The topological polar surface area (TPSA) is 93.1 Å². The largest absolute Gasteiger partial charge is 0.296 e. The number of hydrogen-bond acceptors (Lipinski definition) is 8. The van der Waals surface area contributed by atoms with E-state index in [2.05, 4.69) is 105 Å². The molecule has 0 radical (unpaired) electrons. The highest BCUT2D eigenvalue weighted by Crippen LogP contribution is 2.45. The monoisotopic (exact) mass is 722 g/mol.